The second kappa shape index (κ2) is 7.02. The van der Waals surface area contributed by atoms with Crippen LogP contribution in [0.1, 0.15) is 24.9 Å². The van der Waals surface area contributed by atoms with E-state index < -0.39 is 0 Å². The van der Waals surface area contributed by atoms with Crippen LogP contribution in [-0.2, 0) is 6.54 Å². The van der Waals surface area contributed by atoms with Crippen molar-refractivity contribution in [2.45, 2.75) is 26.8 Å². The van der Waals surface area contributed by atoms with E-state index in [-0.39, 0.29) is 5.82 Å². The molecule has 0 amide bonds. The van der Waals surface area contributed by atoms with Crippen LogP contribution >= 0.6 is 0 Å². The molecule has 4 nitrogen and oxygen atoms in total. The standard InChI is InChI=1S/C16H21FN4/c1-4-9-18-15-10-12(2)19-16(20-15)11-21(3)14-7-5-13(17)6-8-14/h5-8,10H,4,9,11H2,1-3H3,(H,18,19,20). The summed E-state index contributed by atoms with van der Waals surface area (Å²) in [5.41, 5.74) is 1.87. The summed E-state index contributed by atoms with van der Waals surface area (Å²) in [6, 6.07) is 8.36. The average Bonchev–Trinajstić information content (AvgIpc) is 2.45. The number of aryl methyl sites for hydroxylation is 1. The monoisotopic (exact) mass is 288 g/mol. The van der Waals surface area contributed by atoms with Crippen LogP contribution in [0.2, 0.25) is 0 Å². The molecule has 0 aliphatic heterocycles. The number of halogens is 1. The molecule has 5 heteroatoms. The van der Waals surface area contributed by atoms with E-state index in [1.807, 2.05) is 24.9 Å². The minimum atomic E-state index is -0.231. The summed E-state index contributed by atoms with van der Waals surface area (Å²) in [7, 11) is 1.94. The van der Waals surface area contributed by atoms with Crippen molar-refractivity contribution in [3.63, 3.8) is 0 Å². The van der Waals surface area contributed by atoms with Gasteiger partial charge in [-0.25, -0.2) is 14.4 Å². The largest absolute Gasteiger partial charge is 0.370 e. The summed E-state index contributed by atoms with van der Waals surface area (Å²) >= 11 is 0. The number of benzene rings is 1. The first-order valence-electron chi connectivity index (χ1n) is 7.13. The highest BCUT2D eigenvalue weighted by Gasteiger charge is 2.07. The molecule has 2 rings (SSSR count). The third kappa shape index (κ3) is 4.41. The van der Waals surface area contributed by atoms with E-state index in [0.717, 1.165) is 36.0 Å². The quantitative estimate of drug-likeness (QED) is 0.884. The molecular weight excluding hydrogens is 267 g/mol. The maximum absolute atomic E-state index is 12.9. The molecule has 0 saturated heterocycles. The van der Waals surface area contributed by atoms with E-state index in [9.17, 15) is 4.39 Å². The summed E-state index contributed by atoms with van der Waals surface area (Å²) in [5, 5.41) is 3.28. The van der Waals surface area contributed by atoms with Crippen LogP contribution in [0, 0.1) is 12.7 Å². The molecule has 0 fully saturated rings. The Hall–Kier alpha value is -2.17. The van der Waals surface area contributed by atoms with Crippen molar-refractivity contribution in [2.24, 2.45) is 0 Å². The van der Waals surface area contributed by atoms with Crippen molar-refractivity contribution >= 4 is 11.5 Å². The number of rotatable bonds is 6. The average molecular weight is 288 g/mol. The summed E-state index contributed by atoms with van der Waals surface area (Å²) < 4.78 is 12.9. The SMILES string of the molecule is CCCNc1cc(C)nc(CN(C)c2ccc(F)cc2)n1. The van der Waals surface area contributed by atoms with E-state index in [1.54, 1.807) is 12.1 Å². The maximum atomic E-state index is 12.9. The molecule has 0 radical (unpaired) electrons. The fourth-order valence-corrected chi connectivity index (χ4v) is 2.04. The minimum absolute atomic E-state index is 0.231. The Balaban J connectivity index is 2.10. The molecule has 0 bridgehead atoms. The van der Waals surface area contributed by atoms with Gasteiger partial charge in [-0.2, -0.15) is 0 Å². The molecular formula is C16H21FN4. The number of aromatic nitrogens is 2. The fourth-order valence-electron chi connectivity index (χ4n) is 2.04. The van der Waals surface area contributed by atoms with Crippen LogP contribution in [0.3, 0.4) is 0 Å². The van der Waals surface area contributed by atoms with Crippen LogP contribution < -0.4 is 10.2 Å². The summed E-state index contributed by atoms with van der Waals surface area (Å²) in [5.74, 6) is 1.37. The molecule has 112 valence electrons. The van der Waals surface area contributed by atoms with Gasteiger partial charge in [0.2, 0.25) is 0 Å². The van der Waals surface area contributed by atoms with E-state index in [4.69, 9.17) is 0 Å². The first kappa shape index (κ1) is 15.2. The van der Waals surface area contributed by atoms with Crippen LogP contribution in [0.15, 0.2) is 30.3 Å². The molecule has 1 aromatic heterocycles. The van der Waals surface area contributed by atoms with Gasteiger partial charge in [-0.05, 0) is 37.6 Å². The molecule has 1 N–H and O–H groups in total. The lowest BCUT2D eigenvalue weighted by molar-refractivity contribution is 0.627. The predicted molar refractivity (Wildman–Crippen MR) is 84.1 cm³/mol. The molecule has 21 heavy (non-hydrogen) atoms. The zero-order valence-corrected chi connectivity index (χ0v) is 12.7. The molecule has 0 aliphatic rings. The first-order valence-corrected chi connectivity index (χ1v) is 7.13. The Morgan fingerprint density at radius 3 is 2.57 bits per heavy atom. The van der Waals surface area contributed by atoms with Gasteiger partial charge < -0.3 is 10.2 Å². The summed E-state index contributed by atoms with van der Waals surface area (Å²) in [6.45, 7) is 5.54. The Morgan fingerprint density at radius 2 is 1.90 bits per heavy atom. The molecule has 2 aromatic rings. The van der Waals surface area contributed by atoms with Gasteiger partial charge in [-0.15, -0.1) is 0 Å². The topological polar surface area (TPSA) is 41.1 Å². The van der Waals surface area contributed by atoms with Gasteiger partial charge >= 0.3 is 0 Å². The Labute approximate surface area is 125 Å². The smallest absolute Gasteiger partial charge is 0.150 e. The van der Waals surface area contributed by atoms with Gasteiger partial charge in [0.25, 0.3) is 0 Å². The van der Waals surface area contributed by atoms with Crippen molar-refractivity contribution in [1.29, 1.82) is 0 Å². The van der Waals surface area contributed by atoms with Gasteiger partial charge in [0.1, 0.15) is 17.5 Å². The van der Waals surface area contributed by atoms with E-state index >= 15 is 0 Å². The minimum Gasteiger partial charge on any atom is -0.370 e. The Morgan fingerprint density at radius 1 is 1.19 bits per heavy atom. The third-order valence-corrected chi connectivity index (χ3v) is 3.10. The molecule has 1 heterocycles. The van der Waals surface area contributed by atoms with Crippen molar-refractivity contribution in [3.05, 3.63) is 47.7 Å². The van der Waals surface area contributed by atoms with Crippen LogP contribution in [0.5, 0.6) is 0 Å². The molecule has 0 saturated carbocycles. The van der Waals surface area contributed by atoms with Crippen molar-refractivity contribution in [1.82, 2.24) is 9.97 Å². The van der Waals surface area contributed by atoms with Gasteiger partial charge in [0, 0.05) is 31.0 Å². The second-order valence-corrected chi connectivity index (χ2v) is 5.07. The van der Waals surface area contributed by atoms with Crippen molar-refractivity contribution in [3.8, 4) is 0 Å². The normalized spacial score (nSPS) is 10.5. The lowest BCUT2D eigenvalue weighted by atomic mass is 10.3. The Kier molecular flexibility index (Phi) is 5.09. The molecule has 1 aromatic carbocycles. The highest BCUT2D eigenvalue weighted by molar-refractivity contribution is 5.45. The zero-order valence-electron chi connectivity index (χ0n) is 12.7. The lowest BCUT2D eigenvalue weighted by Gasteiger charge is -2.19. The van der Waals surface area contributed by atoms with Crippen LogP contribution in [0.4, 0.5) is 15.9 Å². The number of nitrogens with zero attached hydrogens (tertiary/aromatic N) is 3. The highest BCUT2D eigenvalue weighted by Crippen LogP contribution is 2.16. The Bertz CT molecular complexity index is 583. The van der Waals surface area contributed by atoms with Gasteiger partial charge in [-0.3, -0.25) is 0 Å². The molecule has 0 spiro atoms. The molecule has 0 aliphatic carbocycles. The molecule has 0 unspecified atom stereocenters. The van der Waals surface area contributed by atoms with E-state index in [1.165, 1.54) is 12.1 Å². The van der Waals surface area contributed by atoms with Crippen molar-refractivity contribution < 1.29 is 4.39 Å². The van der Waals surface area contributed by atoms with E-state index in [2.05, 4.69) is 22.2 Å². The summed E-state index contributed by atoms with van der Waals surface area (Å²) in [6.07, 6.45) is 1.05. The predicted octanol–water partition coefficient (Wildman–Crippen LogP) is 3.38. The van der Waals surface area contributed by atoms with Gasteiger partial charge in [0.05, 0.1) is 6.54 Å². The number of anilines is 2. The maximum Gasteiger partial charge on any atom is 0.150 e. The second-order valence-electron chi connectivity index (χ2n) is 5.07. The summed E-state index contributed by atoms with van der Waals surface area (Å²) in [4.78, 5) is 11.0. The lowest BCUT2D eigenvalue weighted by Crippen LogP contribution is -2.19. The first-order chi connectivity index (χ1) is 10.1. The van der Waals surface area contributed by atoms with Gasteiger partial charge in [0.15, 0.2) is 0 Å². The van der Waals surface area contributed by atoms with Crippen molar-refractivity contribution in [2.75, 3.05) is 23.8 Å². The highest BCUT2D eigenvalue weighted by atomic mass is 19.1. The number of hydrogen-bond acceptors (Lipinski definition) is 4. The van der Waals surface area contributed by atoms with Gasteiger partial charge in [-0.1, -0.05) is 6.92 Å². The number of hydrogen-bond donors (Lipinski definition) is 1. The molecule has 0 atom stereocenters. The van der Waals surface area contributed by atoms with E-state index in [0.29, 0.717) is 6.54 Å². The number of nitrogens with one attached hydrogen (secondary N) is 1. The van der Waals surface area contributed by atoms with Crippen LogP contribution in [0.25, 0.3) is 0 Å². The third-order valence-electron chi connectivity index (χ3n) is 3.10. The fraction of sp³-hybridized carbons (Fsp3) is 0.375. The zero-order chi connectivity index (χ0) is 15.2. The van der Waals surface area contributed by atoms with Crippen LogP contribution in [-0.4, -0.2) is 23.6 Å².